The molecule has 1 aliphatic carbocycles. The summed E-state index contributed by atoms with van der Waals surface area (Å²) in [6.45, 7) is 5.71. The van der Waals surface area contributed by atoms with E-state index in [4.69, 9.17) is 15.4 Å². The molecule has 2 rings (SSSR count). The molecule has 0 N–H and O–H groups in total. The highest BCUT2D eigenvalue weighted by Crippen LogP contribution is 2.38. The van der Waals surface area contributed by atoms with Crippen LogP contribution in [0.15, 0.2) is 17.2 Å². The van der Waals surface area contributed by atoms with E-state index in [-0.39, 0.29) is 28.7 Å². The number of ether oxygens (including phenoxy) is 1. The summed E-state index contributed by atoms with van der Waals surface area (Å²) in [5, 5.41) is 0. The molecule has 1 atom stereocenters. The van der Waals surface area contributed by atoms with Crippen molar-refractivity contribution < 1.29 is 17.9 Å². The minimum Gasteiger partial charge on any atom is -0.458 e. The normalized spacial score (nSPS) is 17.2. The van der Waals surface area contributed by atoms with Crippen molar-refractivity contribution in [2.75, 3.05) is 0 Å². The molecule has 0 aliphatic heterocycles. The van der Waals surface area contributed by atoms with Gasteiger partial charge in [-0.15, -0.1) is 0 Å². The van der Waals surface area contributed by atoms with Crippen LogP contribution in [0, 0.1) is 5.92 Å². The summed E-state index contributed by atoms with van der Waals surface area (Å²) in [5.41, 5.74) is 0.249. The topological polar surface area (TPSA) is 65.4 Å². The van der Waals surface area contributed by atoms with Crippen molar-refractivity contribution in [3.63, 3.8) is 0 Å². The van der Waals surface area contributed by atoms with Gasteiger partial charge in [-0.25, -0.2) is 13.2 Å². The lowest BCUT2D eigenvalue weighted by Crippen LogP contribution is -2.21. The van der Waals surface area contributed by atoms with Crippen molar-refractivity contribution >= 4 is 25.7 Å². The number of carbonyl (C=O) groups is 1. The summed E-state index contributed by atoms with van der Waals surface area (Å²) in [6.07, 6.45) is 3.03. The van der Waals surface area contributed by atoms with Crippen LogP contribution in [0.3, 0.4) is 0 Å². The summed E-state index contributed by atoms with van der Waals surface area (Å²) in [5.74, 6) is -0.316. The summed E-state index contributed by atoms with van der Waals surface area (Å²) in [4.78, 5) is 12.1. The first-order chi connectivity index (χ1) is 9.20. The third-order valence-corrected chi connectivity index (χ3v) is 4.81. The molecule has 0 saturated heterocycles. The Labute approximate surface area is 123 Å². The minimum atomic E-state index is -3.84. The van der Waals surface area contributed by atoms with Gasteiger partial charge in [-0.2, -0.15) is 0 Å². The van der Waals surface area contributed by atoms with Crippen molar-refractivity contribution in [2.24, 2.45) is 5.92 Å². The zero-order chi connectivity index (χ0) is 15.1. The fraction of sp³-hybridized carbons (Fsp3) is 0.615. The van der Waals surface area contributed by atoms with E-state index < -0.39 is 15.0 Å². The lowest BCUT2D eigenvalue weighted by atomic mass is 10.1. The van der Waals surface area contributed by atoms with Crippen molar-refractivity contribution in [1.29, 1.82) is 0 Å². The van der Waals surface area contributed by atoms with Crippen molar-refractivity contribution in [1.82, 2.24) is 4.57 Å². The Morgan fingerprint density at radius 1 is 1.40 bits per heavy atom. The van der Waals surface area contributed by atoms with Crippen molar-refractivity contribution in [3.8, 4) is 0 Å². The van der Waals surface area contributed by atoms with E-state index in [1.165, 1.54) is 12.3 Å². The van der Waals surface area contributed by atoms with Gasteiger partial charge in [-0.05, 0) is 31.7 Å². The fourth-order valence-electron chi connectivity index (χ4n) is 1.77. The molecular weight excluding hydrogens is 302 g/mol. The smallest absolute Gasteiger partial charge is 0.355 e. The van der Waals surface area contributed by atoms with Gasteiger partial charge in [0.05, 0.1) is 0 Å². The second kappa shape index (κ2) is 5.41. The van der Waals surface area contributed by atoms with Gasteiger partial charge in [-0.1, -0.05) is 13.8 Å². The predicted octanol–water partition coefficient (Wildman–Crippen LogP) is 2.95. The van der Waals surface area contributed by atoms with E-state index in [0.29, 0.717) is 0 Å². The Kier molecular flexibility index (Phi) is 4.16. The molecule has 20 heavy (non-hydrogen) atoms. The average molecular weight is 320 g/mol. The van der Waals surface area contributed by atoms with Crippen LogP contribution in [0.4, 0.5) is 0 Å². The van der Waals surface area contributed by atoms with Crippen molar-refractivity contribution in [2.45, 2.75) is 50.7 Å². The molecule has 7 heteroatoms. The maximum absolute atomic E-state index is 12.2. The monoisotopic (exact) mass is 319 g/mol. The Morgan fingerprint density at radius 2 is 2.00 bits per heavy atom. The van der Waals surface area contributed by atoms with Gasteiger partial charge in [0.25, 0.3) is 9.05 Å². The van der Waals surface area contributed by atoms with E-state index in [2.05, 4.69) is 0 Å². The highest BCUT2D eigenvalue weighted by molar-refractivity contribution is 8.13. The molecule has 0 radical (unpaired) electrons. The van der Waals surface area contributed by atoms with Gasteiger partial charge < -0.3 is 9.30 Å². The van der Waals surface area contributed by atoms with E-state index in [9.17, 15) is 13.2 Å². The third-order valence-electron chi connectivity index (χ3n) is 3.49. The summed E-state index contributed by atoms with van der Waals surface area (Å²) in [7, 11) is 1.49. The molecule has 0 bridgehead atoms. The molecule has 1 aliphatic rings. The molecular formula is C13H18ClNO4S. The number of aromatic nitrogens is 1. The number of nitrogens with zero attached hydrogens (tertiary/aromatic N) is 1. The van der Waals surface area contributed by atoms with Gasteiger partial charge in [0.2, 0.25) is 0 Å². The van der Waals surface area contributed by atoms with Crippen LogP contribution < -0.4 is 0 Å². The Morgan fingerprint density at radius 3 is 2.45 bits per heavy atom. The number of rotatable bonds is 5. The van der Waals surface area contributed by atoms with Gasteiger partial charge in [0.1, 0.15) is 16.7 Å². The highest BCUT2D eigenvalue weighted by atomic mass is 35.7. The quantitative estimate of drug-likeness (QED) is 0.618. The van der Waals surface area contributed by atoms with Gasteiger partial charge in [0, 0.05) is 22.9 Å². The molecule has 0 spiro atoms. The van der Waals surface area contributed by atoms with Crippen LogP contribution in [0.5, 0.6) is 0 Å². The number of halogens is 1. The first-order valence-electron chi connectivity index (χ1n) is 6.57. The molecule has 1 fully saturated rings. The van der Waals surface area contributed by atoms with Gasteiger partial charge in [-0.3, -0.25) is 0 Å². The summed E-state index contributed by atoms with van der Waals surface area (Å²) in [6, 6.07) is 1.45. The minimum absolute atomic E-state index is 0.0600. The average Bonchev–Trinajstić information content (AvgIpc) is 3.05. The molecule has 1 aromatic heterocycles. The second-order valence-corrected chi connectivity index (χ2v) is 8.06. The number of carbonyl (C=O) groups excluding carboxylic acids is 1. The second-order valence-electron chi connectivity index (χ2n) is 5.49. The number of esters is 1. The first kappa shape index (κ1) is 15.4. The number of hydrogen-bond donors (Lipinski definition) is 0. The molecule has 1 heterocycles. The maximum atomic E-state index is 12.2. The summed E-state index contributed by atoms with van der Waals surface area (Å²) >= 11 is 0. The molecule has 112 valence electrons. The zero-order valence-corrected chi connectivity index (χ0v) is 13.2. The fourth-order valence-corrected chi connectivity index (χ4v) is 2.52. The molecule has 0 amide bonds. The third kappa shape index (κ3) is 3.35. The standard InChI is InChI=1S/C13H18ClNO4S/c1-8(2)9(3)19-13(16)12-6-11(20(14,17)18)7-15(12)10-4-5-10/h6-10H,4-5H2,1-3H3. The van der Waals surface area contributed by atoms with E-state index in [1.807, 2.05) is 20.8 Å². The Hall–Kier alpha value is -1.01. The first-order valence-corrected chi connectivity index (χ1v) is 8.88. The van der Waals surface area contributed by atoms with E-state index >= 15 is 0 Å². The zero-order valence-electron chi connectivity index (χ0n) is 11.7. The van der Waals surface area contributed by atoms with Crippen LogP contribution >= 0.6 is 10.7 Å². The van der Waals surface area contributed by atoms with Crippen LogP contribution in [-0.2, 0) is 13.8 Å². The van der Waals surface area contributed by atoms with Crippen LogP contribution in [0.2, 0.25) is 0 Å². The SMILES string of the molecule is CC(C)C(C)OC(=O)c1cc(S(=O)(=O)Cl)cn1C1CC1. The lowest BCUT2D eigenvalue weighted by Gasteiger charge is -2.17. The molecule has 1 saturated carbocycles. The summed E-state index contributed by atoms with van der Waals surface area (Å²) < 4.78 is 29.8. The van der Waals surface area contributed by atoms with Crippen molar-refractivity contribution in [3.05, 3.63) is 18.0 Å². The Bertz CT molecular complexity index is 616. The number of hydrogen-bond acceptors (Lipinski definition) is 4. The van der Waals surface area contributed by atoms with Gasteiger partial charge in [0.15, 0.2) is 0 Å². The molecule has 1 aromatic rings. The molecule has 5 nitrogen and oxygen atoms in total. The van der Waals surface area contributed by atoms with Crippen LogP contribution in [0.1, 0.15) is 50.1 Å². The Balaban J connectivity index is 2.30. The largest absolute Gasteiger partial charge is 0.458 e. The lowest BCUT2D eigenvalue weighted by molar-refractivity contribution is 0.0225. The van der Waals surface area contributed by atoms with Crippen LogP contribution in [-0.4, -0.2) is 25.1 Å². The highest BCUT2D eigenvalue weighted by Gasteiger charge is 2.31. The van der Waals surface area contributed by atoms with E-state index in [0.717, 1.165) is 12.8 Å². The van der Waals surface area contributed by atoms with Gasteiger partial charge >= 0.3 is 5.97 Å². The van der Waals surface area contributed by atoms with E-state index in [1.54, 1.807) is 4.57 Å². The molecule has 0 aromatic carbocycles. The maximum Gasteiger partial charge on any atom is 0.355 e. The predicted molar refractivity (Wildman–Crippen MR) is 75.5 cm³/mol. The molecule has 1 unspecified atom stereocenters. The van der Waals surface area contributed by atoms with Crippen LogP contribution in [0.25, 0.3) is 0 Å².